The Morgan fingerprint density at radius 3 is 2.81 bits per heavy atom. The maximum absolute atomic E-state index is 10.6. The van der Waals surface area contributed by atoms with Crippen LogP contribution < -0.4 is 0 Å². The minimum absolute atomic E-state index is 0.106. The minimum Gasteiger partial charge on any atom is -0.232 e. The zero-order valence-corrected chi connectivity index (χ0v) is 10.2. The SMILES string of the molecule is CC(N=[N+]=[N-])c1ccc(Cl)c(C[SH](=O)=O)c1. The third-order valence-corrected chi connectivity index (χ3v) is 3.04. The summed E-state index contributed by atoms with van der Waals surface area (Å²) in [6.07, 6.45) is 0. The molecule has 0 bridgehead atoms. The van der Waals surface area contributed by atoms with E-state index in [0.29, 0.717) is 10.6 Å². The molecule has 0 aromatic heterocycles. The predicted octanol–water partition coefficient (Wildman–Crippen LogP) is 2.82. The second-order valence-corrected chi connectivity index (χ2v) is 4.61. The van der Waals surface area contributed by atoms with Crippen LogP contribution in [0.3, 0.4) is 0 Å². The lowest BCUT2D eigenvalue weighted by atomic mass is 10.1. The number of rotatable bonds is 4. The molecule has 1 aromatic rings. The van der Waals surface area contributed by atoms with Crippen LogP contribution >= 0.6 is 11.6 Å². The number of halogens is 1. The Kier molecular flexibility index (Phi) is 4.61. The van der Waals surface area contributed by atoms with Gasteiger partial charge in [0.15, 0.2) is 0 Å². The molecule has 0 aliphatic carbocycles. The first-order valence-electron chi connectivity index (χ1n) is 4.49. The van der Waals surface area contributed by atoms with Gasteiger partial charge in [-0.25, -0.2) is 8.42 Å². The summed E-state index contributed by atoms with van der Waals surface area (Å²) in [6.45, 7) is 1.73. The van der Waals surface area contributed by atoms with Crippen molar-refractivity contribution in [1.29, 1.82) is 0 Å². The van der Waals surface area contributed by atoms with Crippen LogP contribution in [0, 0.1) is 0 Å². The Morgan fingerprint density at radius 1 is 1.56 bits per heavy atom. The van der Waals surface area contributed by atoms with E-state index in [4.69, 9.17) is 17.1 Å². The number of nitrogens with zero attached hydrogens (tertiary/aromatic N) is 3. The van der Waals surface area contributed by atoms with Gasteiger partial charge in [0.05, 0.1) is 11.8 Å². The molecule has 86 valence electrons. The Morgan fingerprint density at radius 2 is 2.25 bits per heavy atom. The molecule has 1 aromatic carbocycles. The largest absolute Gasteiger partial charge is 0.232 e. The summed E-state index contributed by atoms with van der Waals surface area (Å²) in [4.78, 5) is 2.70. The van der Waals surface area contributed by atoms with Gasteiger partial charge in [0.1, 0.15) is 10.7 Å². The molecule has 0 saturated heterocycles. The molecule has 0 N–H and O–H groups in total. The van der Waals surface area contributed by atoms with E-state index in [2.05, 4.69) is 10.0 Å². The van der Waals surface area contributed by atoms with Crippen LogP contribution in [0.4, 0.5) is 0 Å². The number of thiol groups is 1. The van der Waals surface area contributed by atoms with Gasteiger partial charge in [-0.1, -0.05) is 35.8 Å². The van der Waals surface area contributed by atoms with E-state index in [0.717, 1.165) is 5.56 Å². The van der Waals surface area contributed by atoms with Crippen molar-refractivity contribution >= 4 is 22.3 Å². The summed E-state index contributed by atoms with van der Waals surface area (Å²) in [5.74, 6) is -0.106. The van der Waals surface area contributed by atoms with E-state index >= 15 is 0 Å². The van der Waals surface area contributed by atoms with Gasteiger partial charge in [-0.3, -0.25) is 0 Å². The number of benzene rings is 1. The first kappa shape index (κ1) is 12.8. The van der Waals surface area contributed by atoms with Crippen LogP contribution in [0.1, 0.15) is 24.1 Å². The molecule has 0 spiro atoms. The molecule has 0 fully saturated rings. The van der Waals surface area contributed by atoms with Crippen LogP contribution in [0.5, 0.6) is 0 Å². The molecule has 1 atom stereocenters. The zero-order valence-electron chi connectivity index (χ0n) is 8.50. The van der Waals surface area contributed by atoms with Gasteiger partial charge >= 0.3 is 0 Å². The fourth-order valence-electron chi connectivity index (χ4n) is 1.26. The van der Waals surface area contributed by atoms with E-state index < -0.39 is 10.7 Å². The minimum atomic E-state index is -2.52. The number of hydrogen-bond donors (Lipinski definition) is 1. The summed E-state index contributed by atoms with van der Waals surface area (Å²) in [5.41, 5.74) is 9.57. The van der Waals surface area contributed by atoms with Gasteiger partial charge in [0.2, 0.25) is 0 Å². The highest BCUT2D eigenvalue weighted by atomic mass is 35.5. The van der Waals surface area contributed by atoms with Gasteiger partial charge in [0, 0.05) is 9.93 Å². The molecule has 1 rings (SSSR count). The Bertz CT molecular complexity index is 501. The molecule has 1 unspecified atom stereocenters. The molecule has 0 aliphatic heterocycles. The lowest BCUT2D eigenvalue weighted by Crippen LogP contribution is -1.94. The van der Waals surface area contributed by atoms with E-state index in [1.165, 1.54) is 0 Å². The first-order chi connectivity index (χ1) is 7.54. The van der Waals surface area contributed by atoms with E-state index in [9.17, 15) is 8.42 Å². The standard InChI is InChI=1S/C9H10ClN3O2S/c1-6(12-13-11)7-2-3-9(10)8(4-7)5-16(14)15/h2-4,6,16H,5H2,1H3. The highest BCUT2D eigenvalue weighted by Crippen LogP contribution is 2.24. The van der Waals surface area contributed by atoms with Gasteiger partial charge in [0.25, 0.3) is 0 Å². The van der Waals surface area contributed by atoms with Crippen LogP contribution in [0.2, 0.25) is 5.02 Å². The fraction of sp³-hybridized carbons (Fsp3) is 0.333. The topological polar surface area (TPSA) is 82.9 Å². The average molecular weight is 260 g/mol. The maximum Gasteiger partial charge on any atom is 0.144 e. The summed E-state index contributed by atoms with van der Waals surface area (Å²) in [6, 6.07) is 4.62. The van der Waals surface area contributed by atoms with Crippen molar-refractivity contribution in [2.45, 2.75) is 18.7 Å². The molecule has 0 heterocycles. The van der Waals surface area contributed by atoms with Gasteiger partial charge in [-0.2, -0.15) is 0 Å². The molecule has 0 amide bonds. The molecule has 0 radical (unpaired) electrons. The second-order valence-electron chi connectivity index (χ2n) is 3.22. The van der Waals surface area contributed by atoms with Crippen LogP contribution in [-0.4, -0.2) is 8.42 Å². The van der Waals surface area contributed by atoms with Crippen LogP contribution in [0.25, 0.3) is 10.4 Å². The smallest absolute Gasteiger partial charge is 0.144 e. The van der Waals surface area contributed by atoms with Crippen molar-refractivity contribution in [3.63, 3.8) is 0 Å². The molecule has 0 aliphatic rings. The highest BCUT2D eigenvalue weighted by Gasteiger charge is 2.07. The van der Waals surface area contributed by atoms with Crippen LogP contribution in [0.15, 0.2) is 23.3 Å². The van der Waals surface area contributed by atoms with Crippen molar-refractivity contribution in [1.82, 2.24) is 0 Å². The number of azide groups is 1. The van der Waals surface area contributed by atoms with Crippen molar-refractivity contribution in [2.75, 3.05) is 0 Å². The summed E-state index contributed by atoms with van der Waals surface area (Å²) < 4.78 is 21.2. The third kappa shape index (κ3) is 3.41. The van der Waals surface area contributed by atoms with Crippen LogP contribution in [-0.2, 0) is 16.5 Å². The third-order valence-electron chi connectivity index (χ3n) is 2.08. The predicted molar refractivity (Wildman–Crippen MR) is 63.0 cm³/mol. The monoisotopic (exact) mass is 259 g/mol. The molecule has 5 nitrogen and oxygen atoms in total. The van der Waals surface area contributed by atoms with E-state index in [1.807, 2.05) is 0 Å². The Balaban J connectivity index is 3.10. The molecule has 16 heavy (non-hydrogen) atoms. The maximum atomic E-state index is 10.6. The average Bonchev–Trinajstić information content (AvgIpc) is 2.21. The highest BCUT2D eigenvalue weighted by molar-refractivity contribution is 7.71. The van der Waals surface area contributed by atoms with Crippen molar-refractivity contribution in [3.8, 4) is 0 Å². The second kappa shape index (κ2) is 5.75. The quantitative estimate of drug-likeness (QED) is 0.390. The summed E-state index contributed by atoms with van der Waals surface area (Å²) in [7, 11) is -2.52. The Labute approximate surface area is 99.6 Å². The van der Waals surface area contributed by atoms with Crippen molar-refractivity contribution < 1.29 is 8.42 Å². The van der Waals surface area contributed by atoms with Crippen molar-refractivity contribution in [3.05, 3.63) is 44.8 Å². The molecule has 0 saturated carbocycles. The summed E-state index contributed by atoms with van der Waals surface area (Å²) in [5, 5.41) is 3.93. The fourth-order valence-corrected chi connectivity index (χ4v) is 2.08. The van der Waals surface area contributed by atoms with Gasteiger partial charge in [-0.15, -0.1) is 0 Å². The lowest BCUT2D eigenvalue weighted by Gasteiger charge is -2.07. The van der Waals surface area contributed by atoms with Gasteiger partial charge in [-0.05, 0) is 22.7 Å². The number of hydrogen-bond acceptors (Lipinski definition) is 3. The molecular weight excluding hydrogens is 250 g/mol. The zero-order chi connectivity index (χ0) is 12.1. The lowest BCUT2D eigenvalue weighted by molar-refractivity contribution is 0.614. The van der Waals surface area contributed by atoms with E-state index in [-0.39, 0.29) is 11.8 Å². The molecular formula is C9H10ClN3O2S. The first-order valence-corrected chi connectivity index (χ1v) is 6.23. The Hall–Kier alpha value is -1.23. The normalized spacial score (nSPS) is 12.2. The summed E-state index contributed by atoms with van der Waals surface area (Å²) >= 11 is 5.85. The molecule has 7 heteroatoms. The van der Waals surface area contributed by atoms with Crippen molar-refractivity contribution in [2.24, 2.45) is 5.11 Å². The van der Waals surface area contributed by atoms with E-state index in [1.54, 1.807) is 25.1 Å². The van der Waals surface area contributed by atoms with Gasteiger partial charge < -0.3 is 0 Å².